The van der Waals surface area contributed by atoms with Gasteiger partial charge in [0, 0.05) is 13.1 Å². The van der Waals surface area contributed by atoms with Gasteiger partial charge in [0.2, 0.25) is 10.0 Å². The van der Waals surface area contributed by atoms with Crippen LogP contribution in [-0.4, -0.2) is 52.6 Å². The normalized spacial score (nSPS) is 19.3. The zero-order chi connectivity index (χ0) is 19.1. The molecule has 144 valence electrons. The van der Waals surface area contributed by atoms with Crippen LogP contribution in [0.25, 0.3) is 11.0 Å². The Bertz CT molecular complexity index is 997. The summed E-state index contributed by atoms with van der Waals surface area (Å²) in [4.78, 5) is 26.0. The molecule has 11 heteroatoms. The zero-order valence-electron chi connectivity index (χ0n) is 14.5. The van der Waals surface area contributed by atoms with E-state index in [-0.39, 0.29) is 29.9 Å². The molecular formula is C16H19N5O4S2. The Morgan fingerprint density at radius 3 is 2.78 bits per heavy atom. The minimum Gasteiger partial charge on any atom is -0.323 e. The number of hydrogen-bond acceptors (Lipinski definition) is 7. The van der Waals surface area contributed by atoms with E-state index in [1.54, 1.807) is 12.1 Å². The maximum atomic E-state index is 12.6. The number of fused-ring (bicyclic) bond motifs is 1. The number of nitrogens with zero attached hydrogens (tertiary/aromatic N) is 3. The van der Waals surface area contributed by atoms with Gasteiger partial charge in [0.05, 0.1) is 11.7 Å². The fraction of sp³-hybridized carbons (Fsp3) is 0.500. The average molecular weight is 409 g/mol. The Hall–Kier alpha value is -2.11. The first-order chi connectivity index (χ1) is 12.9. The first-order valence-electron chi connectivity index (χ1n) is 8.78. The number of rotatable bonds is 6. The Morgan fingerprint density at radius 1 is 1.22 bits per heavy atom. The third-order valence-electron chi connectivity index (χ3n) is 5.09. The lowest BCUT2D eigenvalue weighted by atomic mass is 9.98. The summed E-state index contributed by atoms with van der Waals surface area (Å²) in [6, 6.07) is 4.41. The summed E-state index contributed by atoms with van der Waals surface area (Å²) in [7, 11) is -3.75. The Morgan fingerprint density at radius 2 is 2.00 bits per heavy atom. The minimum absolute atomic E-state index is 0.0775. The first kappa shape index (κ1) is 18.3. The number of nitrogens with one attached hydrogen (secondary N) is 2. The predicted octanol–water partition coefficient (Wildman–Crippen LogP) is 1.22. The molecule has 2 heterocycles. The second-order valence-corrected chi connectivity index (χ2v) is 9.08. The summed E-state index contributed by atoms with van der Waals surface area (Å²) in [5.41, 5.74) is 0.139. The molecule has 3 amide bonds. The fourth-order valence-electron chi connectivity index (χ4n) is 3.72. The van der Waals surface area contributed by atoms with E-state index in [0.29, 0.717) is 30.3 Å². The van der Waals surface area contributed by atoms with E-state index in [0.717, 1.165) is 24.6 Å². The number of carbonyl (C=O) groups is 2. The SMILES string of the molecule is O=C1NC2(CCCC2)C(=O)N1CCCNS(=O)(=O)c1cccc2nsnc12. The van der Waals surface area contributed by atoms with Crippen LogP contribution in [-0.2, 0) is 14.8 Å². The summed E-state index contributed by atoms with van der Waals surface area (Å²) >= 11 is 0.957. The molecule has 1 aromatic carbocycles. The Kier molecular flexibility index (Phi) is 4.60. The molecule has 27 heavy (non-hydrogen) atoms. The van der Waals surface area contributed by atoms with Crippen molar-refractivity contribution in [1.82, 2.24) is 23.7 Å². The summed E-state index contributed by atoms with van der Waals surface area (Å²) in [5, 5.41) is 2.81. The molecule has 4 rings (SSSR count). The Labute approximate surface area is 160 Å². The smallest absolute Gasteiger partial charge is 0.323 e. The van der Waals surface area contributed by atoms with E-state index >= 15 is 0 Å². The number of urea groups is 1. The third-order valence-corrected chi connectivity index (χ3v) is 7.13. The molecule has 0 atom stereocenters. The van der Waals surface area contributed by atoms with Crippen LogP contribution >= 0.6 is 11.7 Å². The quantitative estimate of drug-likeness (QED) is 0.547. The second kappa shape index (κ2) is 6.80. The van der Waals surface area contributed by atoms with Crippen LogP contribution in [0.2, 0.25) is 0 Å². The van der Waals surface area contributed by atoms with Gasteiger partial charge in [-0.25, -0.2) is 17.9 Å². The minimum atomic E-state index is -3.75. The van der Waals surface area contributed by atoms with Gasteiger partial charge in [-0.2, -0.15) is 8.75 Å². The molecule has 2 fully saturated rings. The maximum Gasteiger partial charge on any atom is 0.325 e. The highest BCUT2D eigenvalue weighted by Crippen LogP contribution is 2.35. The van der Waals surface area contributed by atoms with Crippen molar-refractivity contribution in [2.24, 2.45) is 0 Å². The van der Waals surface area contributed by atoms with Gasteiger partial charge in [-0.05, 0) is 31.4 Å². The number of aromatic nitrogens is 2. The molecule has 1 aliphatic carbocycles. The van der Waals surface area contributed by atoms with E-state index in [1.807, 2.05) is 0 Å². The van der Waals surface area contributed by atoms with Gasteiger partial charge in [0.25, 0.3) is 5.91 Å². The van der Waals surface area contributed by atoms with Crippen molar-refractivity contribution in [2.45, 2.75) is 42.5 Å². The van der Waals surface area contributed by atoms with E-state index in [4.69, 9.17) is 0 Å². The number of carbonyl (C=O) groups excluding carboxylic acids is 2. The van der Waals surface area contributed by atoms with Crippen molar-refractivity contribution in [3.63, 3.8) is 0 Å². The highest BCUT2D eigenvalue weighted by Gasteiger charge is 2.51. The van der Waals surface area contributed by atoms with E-state index in [1.165, 1.54) is 11.0 Å². The van der Waals surface area contributed by atoms with Gasteiger partial charge >= 0.3 is 6.03 Å². The molecule has 0 bridgehead atoms. The van der Waals surface area contributed by atoms with Crippen LogP contribution in [0.4, 0.5) is 4.79 Å². The lowest BCUT2D eigenvalue weighted by molar-refractivity contribution is -0.131. The van der Waals surface area contributed by atoms with Crippen LogP contribution in [0.1, 0.15) is 32.1 Å². The van der Waals surface area contributed by atoms with Crippen molar-refractivity contribution in [3.05, 3.63) is 18.2 Å². The third kappa shape index (κ3) is 3.19. The van der Waals surface area contributed by atoms with Gasteiger partial charge in [0.1, 0.15) is 21.5 Å². The number of amides is 3. The number of hydrogen-bond donors (Lipinski definition) is 2. The fourth-order valence-corrected chi connectivity index (χ4v) is 5.55. The molecule has 0 radical (unpaired) electrons. The van der Waals surface area contributed by atoms with Crippen LogP contribution < -0.4 is 10.0 Å². The summed E-state index contributed by atoms with van der Waals surface area (Å²) in [5.74, 6) is -0.189. The molecule has 2 N–H and O–H groups in total. The molecule has 1 saturated carbocycles. The van der Waals surface area contributed by atoms with E-state index < -0.39 is 15.6 Å². The molecule has 2 aliphatic rings. The van der Waals surface area contributed by atoms with Gasteiger partial charge in [0.15, 0.2) is 0 Å². The molecule has 9 nitrogen and oxygen atoms in total. The molecule has 1 aliphatic heterocycles. The summed E-state index contributed by atoms with van der Waals surface area (Å²) in [6.07, 6.45) is 3.53. The topological polar surface area (TPSA) is 121 Å². The highest BCUT2D eigenvalue weighted by molar-refractivity contribution is 7.89. The van der Waals surface area contributed by atoms with Gasteiger partial charge < -0.3 is 5.32 Å². The number of imide groups is 1. The van der Waals surface area contributed by atoms with Crippen LogP contribution in [0, 0.1) is 0 Å². The van der Waals surface area contributed by atoms with Crippen molar-refractivity contribution in [1.29, 1.82) is 0 Å². The molecule has 2 aromatic rings. The van der Waals surface area contributed by atoms with Crippen molar-refractivity contribution < 1.29 is 18.0 Å². The lowest BCUT2D eigenvalue weighted by Gasteiger charge is -2.20. The molecule has 1 spiro atoms. The van der Waals surface area contributed by atoms with Crippen molar-refractivity contribution >= 4 is 44.7 Å². The van der Waals surface area contributed by atoms with Gasteiger partial charge in [-0.1, -0.05) is 18.9 Å². The monoisotopic (exact) mass is 409 g/mol. The number of benzene rings is 1. The lowest BCUT2D eigenvalue weighted by Crippen LogP contribution is -2.44. The second-order valence-electron chi connectivity index (χ2n) is 6.82. The zero-order valence-corrected chi connectivity index (χ0v) is 16.1. The summed E-state index contributed by atoms with van der Waals surface area (Å²) < 4.78 is 35.7. The van der Waals surface area contributed by atoms with Crippen molar-refractivity contribution in [3.8, 4) is 0 Å². The maximum absolute atomic E-state index is 12.6. The predicted molar refractivity (Wildman–Crippen MR) is 98.7 cm³/mol. The molecule has 1 aromatic heterocycles. The number of sulfonamides is 1. The van der Waals surface area contributed by atoms with Crippen molar-refractivity contribution in [2.75, 3.05) is 13.1 Å². The van der Waals surface area contributed by atoms with Crippen LogP contribution in [0.3, 0.4) is 0 Å². The molecule has 0 unspecified atom stereocenters. The van der Waals surface area contributed by atoms with E-state index in [9.17, 15) is 18.0 Å². The first-order valence-corrected chi connectivity index (χ1v) is 11.0. The van der Waals surface area contributed by atoms with Crippen LogP contribution in [0.15, 0.2) is 23.1 Å². The van der Waals surface area contributed by atoms with Gasteiger partial charge in [-0.3, -0.25) is 9.69 Å². The molecule has 1 saturated heterocycles. The van der Waals surface area contributed by atoms with Crippen LogP contribution in [0.5, 0.6) is 0 Å². The Balaban J connectivity index is 1.37. The molecular weight excluding hydrogens is 390 g/mol. The highest BCUT2D eigenvalue weighted by atomic mass is 32.2. The standard InChI is InChI=1S/C16H19N5O4S2/c22-14-16(7-1-2-8-16)18-15(23)21(14)10-4-9-17-27(24,25)12-6-3-5-11-13(12)20-26-19-11/h3,5-6,17H,1-2,4,7-10H2,(H,18,23). The average Bonchev–Trinajstić information content (AvgIpc) is 3.34. The largest absolute Gasteiger partial charge is 0.325 e. The van der Waals surface area contributed by atoms with Gasteiger partial charge in [-0.15, -0.1) is 0 Å². The van der Waals surface area contributed by atoms with E-state index in [2.05, 4.69) is 18.8 Å². The summed E-state index contributed by atoms with van der Waals surface area (Å²) in [6.45, 7) is 0.289.